The van der Waals surface area contributed by atoms with E-state index in [1.54, 1.807) is 0 Å². The van der Waals surface area contributed by atoms with Gasteiger partial charge in [0, 0.05) is 19.3 Å². The molecule has 6 heteroatoms. The van der Waals surface area contributed by atoms with Crippen LogP contribution in [0.1, 0.15) is 303 Å². The minimum Gasteiger partial charge on any atom is -0.462 e. The Balaban J connectivity index is 4.37. The zero-order valence-corrected chi connectivity index (χ0v) is 53.9. The lowest BCUT2D eigenvalue weighted by atomic mass is 10.1. The number of esters is 3. The summed E-state index contributed by atoms with van der Waals surface area (Å²) in [5.74, 6) is -0.923. The van der Waals surface area contributed by atoms with E-state index in [-0.39, 0.29) is 31.1 Å². The molecule has 0 aliphatic carbocycles. The summed E-state index contributed by atoms with van der Waals surface area (Å²) < 4.78 is 16.9. The van der Waals surface area contributed by atoms with Gasteiger partial charge in [-0.25, -0.2) is 0 Å². The number of allylic oxidation sites excluding steroid dienone is 24. The third-order valence-electron chi connectivity index (χ3n) is 14.3. The molecule has 0 aliphatic rings. The molecular weight excluding hydrogens is 1020 g/mol. The third kappa shape index (κ3) is 68.0. The normalized spacial score (nSPS) is 13.0. The number of ether oxygens (including phenoxy) is 3. The van der Waals surface area contributed by atoms with Crippen molar-refractivity contribution in [3.05, 3.63) is 146 Å². The second-order valence-corrected chi connectivity index (χ2v) is 22.3. The molecule has 0 rings (SSSR count). The van der Waals surface area contributed by atoms with Crippen molar-refractivity contribution in [1.29, 1.82) is 0 Å². The Morgan fingerprint density at radius 3 is 0.735 bits per heavy atom. The van der Waals surface area contributed by atoms with Crippen molar-refractivity contribution in [2.45, 2.75) is 309 Å². The topological polar surface area (TPSA) is 78.9 Å². The molecule has 1 unspecified atom stereocenters. The van der Waals surface area contributed by atoms with Crippen molar-refractivity contribution in [3.8, 4) is 0 Å². The molecule has 0 amide bonds. The molecule has 0 aliphatic heterocycles. The van der Waals surface area contributed by atoms with Gasteiger partial charge < -0.3 is 14.2 Å². The van der Waals surface area contributed by atoms with Crippen molar-refractivity contribution in [2.24, 2.45) is 0 Å². The molecule has 0 fully saturated rings. The Morgan fingerprint density at radius 2 is 0.470 bits per heavy atom. The molecule has 0 heterocycles. The molecule has 0 aromatic heterocycles. The van der Waals surface area contributed by atoms with Crippen LogP contribution in [0, 0.1) is 0 Å². The van der Waals surface area contributed by atoms with E-state index in [1.165, 1.54) is 103 Å². The first-order valence-electron chi connectivity index (χ1n) is 34.3. The molecule has 0 aromatic rings. The zero-order valence-electron chi connectivity index (χ0n) is 53.9. The van der Waals surface area contributed by atoms with Crippen molar-refractivity contribution in [1.82, 2.24) is 0 Å². The molecule has 0 N–H and O–H groups in total. The predicted molar refractivity (Wildman–Crippen MR) is 362 cm³/mol. The van der Waals surface area contributed by atoms with E-state index in [4.69, 9.17) is 14.2 Å². The molecule has 0 bridgehead atoms. The molecule has 0 aromatic carbocycles. The highest BCUT2D eigenvalue weighted by molar-refractivity contribution is 5.71. The number of hydrogen-bond donors (Lipinski definition) is 0. The van der Waals surface area contributed by atoms with Gasteiger partial charge in [0.2, 0.25) is 0 Å². The lowest BCUT2D eigenvalue weighted by molar-refractivity contribution is -0.167. The van der Waals surface area contributed by atoms with Crippen LogP contribution in [-0.2, 0) is 28.6 Å². The Bertz CT molecular complexity index is 1800. The molecule has 6 nitrogen and oxygen atoms in total. The van der Waals surface area contributed by atoms with Gasteiger partial charge in [-0.2, -0.15) is 0 Å². The summed E-state index contributed by atoms with van der Waals surface area (Å²) in [6, 6.07) is 0. The number of carbonyl (C=O) groups excluding carboxylic acids is 3. The van der Waals surface area contributed by atoms with Crippen LogP contribution in [0.3, 0.4) is 0 Å². The second kappa shape index (κ2) is 69.8. The van der Waals surface area contributed by atoms with Gasteiger partial charge in [-0.15, -0.1) is 0 Å². The Labute approximate surface area is 512 Å². The first-order chi connectivity index (χ1) is 41.0. The number of hydrogen-bond acceptors (Lipinski definition) is 6. The summed E-state index contributed by atoms with van der Waals surface area (Å²) >= 11 is 0. The fourth-order valence-corrected chi connectivity index (χ4v) is 9.17. The quantitative estimate of drug-likeness (QED) is 0.0261. The summed E-state index contributed by atoms with van der Waals surface area (Å²) in [4.78, 5) is 38.4. The Morgan fingerprint density at radius 1 is 0.253 bits per heavy atom. The maximum Gasteiger partial charge on any atom is 0.306 e. The maximum absolute atomic E-state index is 12.9. The van der Waals surface area contributed by atoms with E-state index >= 15 is 0 Å². The lowest BCUT2D eigenvalue weighted by Gasteiger charge is -2.18. The average Bonchev–Trinajstić information content (AvgIpc) is 3.49. The summed E-state index contributed by atoms with van der Waals surface area (Å²) in [5, 5.41) is 0. The maximum atomic E-state index is 12.9. The van der Waals surface area contributed by atoms with Crippen LogP contribution < -0.4 is 0 Å². The average molecular weight is 1150 g/mol. The molecule has 1 atom stereocenters. The number of rotatable bonds is 61. The van der Waals surface area contributed by atoms with Crippen LogP contribution in [0.2, 0.25) is 0 Å². The fraction of sp³-hybridized carbons (Fsp3) is 0.649. The van der Waals surface area contributed by atoms with Gasteiger partial charge in [0.1, 0.15) is 13.2 Å². The predicted octanol–water partition coefficient (Wildman–Crippen LogP) is 23.9. The van der Waals surface area contributed by atoms with Crippen LogP contribution in [-0.4, -0.2) is 37.2 Å². The Kier molecular flexibility index (Phi) is 65.8. The van der Waals surface area contributed by atoms with Gasteiger partial charge in [0.05, 0.1) is 0 Å². The van der Waals surface area contributed by atoms with Crippen molar-refractivity contribution in [2.75, 3.05) is 13.2 Å². The van der Waals surface area contributed by atoms with Crippen LogP contribution in [0.4, 0.5) is 0 Å². The molecule has 0 spiro atoms. The highest BCUT2D eigenvalue weighted by atomic mass is 16.6. The van der Waals surface area contributed by atoms with Gasteiger partial charge in [-0.05, 0) is 148 Å². The number of carbonyl (C=O) groups is 3. The standard InChI is InChI=1S/C77H126O6/c1-4-7-10-13-16-19-22-25-28-30-32-33-34-35-36-37-38-39-40-41-42-43-45-46-49-52-55-58-61-64-67-70-76(79)82-73-74(72-81-75(78)69-66-63-60-57-54-51-48-27-24-21-18-15-12-9-6-3)83-77(80)71-68-65-62-59-56-53-50-47-44-31-29-26-23-20-17-14-11-8-5-2/h7,10,16-21,25-29,32-33,35-36,38-39,41-42,44,47-48,74H,4-6,8-9,11-15,22-24,30-31,34,37,40,43,45-46,49-73H2,1-3H3/b10-7-,19-16-,20-17-,21-18-,28-25-,29-26-,33-32-,36-35-,39-38-,42-41-,47-44-,48-27-. The summed E-state index contributed by atoms with van der Waals surface area (Å²) in [6.07, 6.45) is 99.9. The van der Waals surface area contributed by atoms with Gasteiger partial charge in [-0.3, -0.25) is 14.4 Å². The molecule has 470 valence electrons. The molecule has 0 radical (unpaired) electrons. The smallest absolute Gasteiger partial charge is 0.306 e. The lowest BCUT2D eigenvalue weighted by Crippen LogP contribution is -2.30. The highest BCUT2D eigenvalue weighted by Crippen LogP contribution is 2.15. The van der Waals surface area contributed by atoms with Crippen molar-refractivity contribution >= 4 is 17.9 Å². The van der Waals surface area contributed by atoms with Gasteiger partial charge in [0.15, 0.2) is 6.10 Å². The van der Waals surface area contributed by atoms with Crippen molar-refractivity contribution in [3.63, 3.8) is 0 Å². The highest BCUT2D eigenvalue weighted by Gasteiger charge is 2.19. The third-order valence-corrected chi connectivity index (χ3v) is 14.3. The van der Waals surface area contributed by atoms with Crippen molar-refractivity contribution < 1.29 is 28.6 Å². The Hall–Kier alpha value is -4.71. The van der Waals surface area contributed by atoms with Crippen LogP contribution in [0.5, 0.6) is 0 Å². The van der Waals surface area contributed by atoms with Gasteiger partial charge in [0.25, 0.3) is 0 Å². The van der Waals surface area contributed by atoms with E-state index < -0.39 is 6.10 Å². The summed E-state index contributed by atoms with van der Waals surface area (Å²) in [7, 11) is 0. The molecule has 83 heavy (non-hydrogen) atoms. The second-order valence-electron chi connectivity index (χ2n) is 22.3. The van der Waals surface area contributed by atoms with Crippen LogP contribution in [0.25, 0.3) is 0 Å². The molecule has 0 saturated heterocycles. The van der Waals surface area contributed by atoms with Gasteiger partial charge >= 0.3 is 17.9 Å². The van der Waals surface area contributed by atoms with Crippen LogP contribution in [0.15, 0.2) is 146 Å². The first kappa shape index (κ1) is 78.3. The van der Waals surface area contributed by atoms with E-state index in [2.05, 4.69) is 167 Å². The largest absolute Gasteiger partial charge is 0.462 e. The van der Waals surface area contributed by atoms with Crippen LogP contribution >= 0.6 is 0 Å². The summed E-state index contributed by atoms with van der Waals surface area (Å²) in [6.45, 7) is 6.46. The van der Waals surface area contributed by atoms with E-state index in [9.17, 15) is 14.4 Å². The van der Waals surface area contributed by atoms with E-state index in [1.807, 2.05) is 0 Å². The fourth-order valence-electron chi connectivity index (χ4n) is 9.17. The van der Waals surface area contributed by atoms with E-state index in [0.29, 0.717) is 19.3 Å². The van der Waals surface area contributed by atoms with Gasteiger partial charge in [-0.1, -0.05) is 282 Å². The zero-order chi connectivity index (χ0) is 59.9. The summed E-state index contributed by atoms with van der Waals surface area (Å²) in [5.41, 5.74) is 0. The molecular formula is C77H126O6. The number of unbranched alkanes of at least 4 members (excludes halogenated alkanes) is 26. The monoisotopic (exact) mass is 1150 g/mol. The SMILES string of the molecule is CC/C=C\C/C=C\C/C=C\C/C=C\C/C=C\C/C=C\C/C=C\CCCCCCCCCCCC(=O)OCC(COC(=O)CCCCCCC/C=C\C/C=C\CCCCC)OC(=O)CCCCCCCC/C=C\C/C=C\C/C=C\CCCCC. The molecule has 0 saturated carbocycles. The minimum absolute atomic E-state index is 0.0952. The minimum atomic E-state index is -0.801. The first-order valence-corrected chi connectivity index (χ1v) is 34.3. The van der Waals surface area contributed by atoms with E-state index in [0.717, 1.165) is 161 Å².